The average Bonchev–Trinajstić information content (AvgIpc) is 2.89. The van der Waals surface area contributed by atoms with Crippen molar-refractivity contribution >= 4 is 39.9 Å². The van der Waals surface area contributed by atoms with Gasteiger partial charge in [0.1, 0.15) is 5.75 Å². The summed E-state index contributed by atoms with van der Waals surface area (Å²) in [6.07, 6.45) is 0.783. The minimum absolute atomic E-state index is 0.152. The molecule has 1 aliphatic rings. The van der Waals surface area contributed by atoms with Crippen LogP contribution in [0.5, 0.6) is 5.75 Å². The van der Waals surface area contributed by atoms with Gasteiger partial charge >= 0.3 is 0 Å². The van der Waals surface area contributed by atoms with Crippen LogP contribution in [-0.2, 0) is 17.9 Å². The second kappa shape index (κ2) is 5.73. The first-order valence-corrected chi connectivity index (χ1v) is 7.58. The van der Waals surface area contributed by atoms with Gasteiger partial charge in [-0.15, -0.1) is 0 Å². The predicted octanol–water partition coefficient (Wildman–Crippen LogP) is 2.62. The summed E-state index contributed by atoms with van der Waals surface area (Å²) < 4.78 is 6.05. The molecule has 0 radical (unpaired) electrons. The molecule has 2 heterocycles. The fourth-order valence-corrected chi connectivity index (χ4v) is 3.35. The number of carbonyl (C=O) groups is 1. The third kappa shape index (κ3) is 2.50. The molecule has 0 bridgehead atoms. The van der Waals surface area contributed by atoms with Crippen molar-refractivity contribution in [3.05, 3.63) is 32.9 Å². The van der Waals surface area contributed by atoms with Crippen LogP contribution < -0.4 is 10.5 Å². The third-order valence-electron chi connectivity index (χ3n) is 3.47. The fraction of sp³-hybridized carbons (Fsp3) is 0.214. The summed E-state index contributed by atoms with van der Waals surface area (Å²) in [6.45, 7) is 0.854. The molecule has 1 amide bonds. The highest BCUT2D eigenvalue weighted by molar-refractivity contribution is 9.10. The van der Waals surface area contributed by atoms with E-state index in [4.69, 9.17) is 22.1 Å². The number of hydrogen-bond acceptors (Lipinski definition) is 5. The summed E-state index contributed by atoms with van der Waals surface area (Å²) in [7, 11) is 1.57. The first-order valence-electron chi connectivity index (χ1n) is 6.41. The summed E-state index contributed by atoms with van der Waals surface area (Å²) >= 11 is 9.74. The Morgan fingerprint density at radius 1 is 1.41 bits per heavy atom. The minimum Gasteiger partial charge on any atom is -0.496 e. The first-order chi connectivity index (χ1) is 10.5. The van der Waals surface area contributed by atoms with E-state index in [1.807, 2.05) is 0 Å². The molecule has 3 rings (SSSR count). The van der Waals surface area contributed by atoms with E-state index >= 15 is 0 Å². The Kier molecular flexibility index (Phi) is 3.92. The van der Waals surface area contributed by atoms with E-state index in [1.54, 1.807) is 24.1 Å². The molecule has 0 aliphatic carbocycles. The highest BCUT2D eigenvalue weighted by Crippen LogP contribution is 2.39. The van der Waals surface area contributed by atoms with Crippen molar-refractivity contribution in [3.63, 3.8) is 0 Å². The van der Waals surface area contributed by atoms with Crippen LogP contribution in [0.3, 0.4) is 0 Å². The second-order valence-corrected chi connectivity index (χ2v) is 6.09. The predicted molar refractivity (Wildman–Crippen MR) is 86.5 cm³/mol. The summed E-state index contributed by atoms with van der Waals surface area (Å²) in [5.74, 6) is 0.787. The van der Waals surface area contributed by atoms with E-state index in [9.17, 15) is 4.79 Å². The number of amides is 1. The number of aromatic nitrogens is 2. The topological polar surface area (TPSA) is 81.3 Å². The Hall–Kier alpha value is -1.86. The molecule has 1 aliphatic heterocycles. The van der Waals surface area contributed by atoms with Gasteiger partial charge in [-0.1, -0.05) is 11.6 Å². The van der Waals surface area contributed by atoms with Crippen molar-refractivity contribution in [3.8, 4) is 17.0 Å². The zero-order valence-electron chi connectivity index (χ0n) is 11.6. The first kappa shape index (κ1) is 15.1. The number of methoxy groups -OCH3 is 1. The number of nitrogens with zero attached hydrogens (tertiary/aromatic N) is 3. The van der Waals surface area contributed by atoms with E-state index in [1.165, 1.54) is 0 Å². The highest BCUT2D eigenvalue weighted by Gasteiger charge is 2.26. The number of benzene rings is 1. The molecule has 0 saturated heterocycles. The largest absolute Gasteiger partial charge is 0.496 e. The van der Waals surface area contributed by atoms with E-state index in [2.05, 4.69) is 25.9 Å². The van der Waals surface area contributed by atoms with Crippen LogP contribution in [0.1, 0.15) is 11.3 Å². The number of fused-ring (bicyclic) bond motifs is 1. The Morgan fingerprint density at radius 3 is 2.86 bits per heavy atom. The lowest BCUT2D eigenvalue weighted by atomic mass is 10.1. The number of rotatable bonds is 3. The van der Waals surface area contributed by atoms with Crippen molar-refractivity contribution in [2.75, 3.05) is 12.8 Å². The van der Waals surface area contributed by atoms with Crippen molar-refractivity contribution in [2.24, 2.45) is 0 Å². The normalized spacial score (nSPS) is 13.1. The van der Waals surface area contributed by atoms with Crippen LogP contribution in [0.25, 0.3) is 11.3 Å². The smallest absolute Gasteiger partial charge is 0.220 e. The summed E-state index contributed by atoms with van der Waals surface area (Å²) in [5.41, 5.74) is 8.71. The molecule has 2 aromatic rings. The Balaban J connectivity index is 2.20. The lowest BCUT2D eigenvalue weighted by molar-refractivity contribution is -0.118. The van der Waals surface area contributed by atoms with Gasteiger partial charge in [0.05, 0.1) is 34.5 Å². The molecule has 8 heteroatoms. The molecule has 1 aromatic carbocycles. The quantitative estimate of drug-likeness (QED) is 0.824. The number of ether oxygens (including phenoxy) is 1. The number of nitrogen functional groups attached to an aromatic ring is 1. The van der Waals surface area contributed by atoms with E-state index < -0.39 is 0 Å². The zero-order valence-corrected chi connectivity index (χ0v) is 14.0. The summed E-state index contributed by atoms with van der Waals surface area (Å²) in [4.78, 5) is 21.1. The van der Waals surface area contributed by atoms with Crippen LogP contribution in [0, 0.1) is 0 Å². The monoisotopic (exact) mass is 382 g/mol. The zero-order chi connectivity index (χ0) is 15.9. The van der Waals surface area contributed by atoms with Crippen LogP contribution in [0.2, 0.25) is 5.02 Å². The number of halogens is 2. The number of hydrogen-bond donors (Lipinski definition) is 1. The maximum absolute atomic E-state index is 11.0. The van der Waals surface area contributed by atoms with E-state index in [0.717, 1.165) is 22.1 Å². The Morgan fingerprint density at radius 2 is 2.18 bits per heavy atom. The van der Waals surface area contributed by atoms with Crippen LogP contribution in [0.15, 0.2) is 16.6 Å². The Bertz CT molecular complexity index is 769. The van der Waals surface area contributed by atoms with Crippen molar-refractivity contribution in [1.82, 2.24) is 14.9 Å². The average molecular weight is 384 g/mol. The maximum Gasteiger partial charge on any atom is 0.220 e. The molecule has 0 saturated carbocycles. The molecule has 0 atom stereocenters. The summed E-state index contributed by atoms with van der Waals surface area (Å²) in [5, 5.41) is 0.512. The lowest BCUT2D eigenvalue weighted by Crippen LogP contribution is -2.12. The molecule has 0 unspecified atom stereocenters. The number of nitrogens with two attached hydrogens (primary N) is 1. The van der Waals surface area contributed by atoms with Gasteiger partial charge in [0.15, 0.2) is 0 Å². The number of carbonyl (C=O) groups excluding carboxylic acids is 1. The fourth-order valence-electron chi connectivity index (χ4n) is 2.46. The molecule has 6 nitrogen and oxygen atoms in total. The van der Waals surface area contributed by atoms with Gasteiger partial charge in [-0.3, -0.25) is 4.79 Å². The standard InChI is InChI=1S/C14H12BrClN4O2/c1-22-12-2-7(10(16)3-9(12)15)13-8-4-20(6-21)5-11(8)18-14(17)19-13/h2-3,6H,4-5H2,1H3,(H2,17,18,19). The SMILES string of the molecule is COc1cc(-c2nc(N)nc3c2CN(C=O)C3)c(Cl)cc1Br. The lowest BCUT2D eigenvalue weighted by Gasteiger charge is -2.12. The number of anilines is 1. The van der Waals surface area contributed by atoms with Gasteiger partial charge in [-0.2, -0.15) is 0 Å². The summed E-state index contributed by atoms with van der Waals surface area (Å²) in [6, 6.07) is 3.53. The van der Waals surface area contributed by atoms with Gasteiger partial charge < -0.3 is 15.4 Å². The van der Waals surface area contributed by atoms with Crippen molar-refractivity contribution in [1.29, 1.82) is 0 Å². The second-order valence-electron chi connectivity index (χ2n) is 4.83. The maximum atomic E-state index is 11.0. The van der Waals surface area contributed by atoms with Crippen LogP contribution in [0.4, 0.5) is 5.95 Å². The third-order valence-corrected chi connectivity index (χ3v) is 4.40. The molecule has 114 valence electrons. The minimum atomic E-state index is 0.152. The molecule has 0 spiro atoms. The van der Waals surface area contributed by atoms with Crippen molar-refractivity contribution in [2.45, 2.75) is 13.1 Å². The van der Waals surface area contributed by atoms with Gasteiger partial charge in [0, 0.05) is 17.7 Å². The highest BCUT2D eigenvalue weighted by atomic mass is 79.9. The molecule has 1 aromatic heterocycles. The van der Waals surface area contributed by atoms with Crippen LogP contribution >= 0.6 is 27.5 Å². The molecule has 0 fully saturated rings. The van der Waals surface area contributed by atoms with Gasteiger partial charge in [0.25, 0.3) is 0 Å². The van der Waals surface area contributed by atoms with Gasteiger partial charge in [-0.05, 0) is 28.1 Å². The molecular weight excluding hydrogens is 372 g/mol. The van der Waals surface area contributed by atoms with E-state index in [-0.39, 0.29) is 5.95 Å². The molecular formula is C14H12BrClN4O2. The van der Waals surface area contributed by atoms with Gasteiger partial charge in [0.2, 0.25) is 12.4 Å². The van der Waals surface area contributed by atoms with E-state index in [0.29, 0.717) is 35.1 Å². The van der Waals surface area contributed by atoms with Gasteiger partial charge in [-0.25, -0.2) is 9.97 Å². The molecule has 22 heavy (non-hydrogen) atoms. The van der Waals surface area contributed by atoms with Crippen molar-refractivity contribution < 1.29 is 9.53 Å². The van der Waals surface area contributed by atoms with Crippen LogP contribution in [-0.4, -0.2) is 28.4 Å². The Labute approximate surface area is 140 Å². The molecule has 2 N–H and O–H groups in total.